The first-order chi connectivity index (χ1) is 12.6. The van der Waals surface area contributed by atoms with Gasteiger partial charge in [0.2, 0.25) is 5.91 Å². The molecule has 5 heteroatoms. The minimum Gasteiger partial charge on any atom is -0.497 e. The number of benzene rings is 2. The fraction of sp³-hybridized carbons (Fsp3) is 0.333. The van der Waals surface area contributed by atoms with Crippen LogP contribution in [0.25, 0.3) is 0 Å². The van der Waals surface area contributed by atoms with Crippen LogP contribution in [0.2, 0.25) is 0 Å². The summed E-state index contributed by atoms with van der Waals surface area (Å²) in [5.41, 5.74) is 1.24. The average Bonchev–Trinajstić information content (AvgIpc) is 2.67. The molecule has 0 aliphatic rings. The number of ketones is 1. The number of nitrogens with one attached hydrogen (secondary N) is 1. The summed E-state index contributed by atoms with van der Waals surface area (Å²) in [5, 5.41) is 2.80. The first kappa shape index (κ1) is 19.6. The average molecular weight is 357 g/mol. The molecule has 0 saturated heterocycles. The summed E-state index contributed by atoms with van der Waals surface area (Å²) in [6.07, 6.45) is 2.53. The van der Waals surface area contributed by atoms with Crippen molar-refractivity contribution in [1.82, 2.24) is 5.32 Å². The summed E-state index contributed by atoms with van der Waals surface area (Å²) >= 11 is 0. The first-order valence-corrected chi connectivity index (χ1v) is 8.77. The van der Waals surface area contributed by atoms with Crippen molar-refractivity contribution in [3.63, 3.8) is 0 Å². The lowest BCUT2D eigenvalue weighted by molar-refractivity contribution is -0.121. The van der Waals surface area contributed by atoms with Crippen LogP contribution in [0.5, 0.6) is 5.75 Å². The number of unbranched alkanes of at least 4 members (excludes halogenated alkanes) is 1. The van der Waals surface area contributed by atoms with Crippen LogP contribution < -0.4 is 10.1 Å². The summed E-state index contributed by atoms with van der Waals surface area (Å²) in [7, 11) is 1.54. The molecule has 0 fully saturated rings. The maximum Gasteiger partial charge on any atom is 0.220 e. The largest absolute Gasteiger partial charge is 0.497 e. The van der Waals surface area contributed by atoms with Gasteiger partial charge in [-0.25, -0.2) is 4.39 Å². The number of hydrogen-bond acceptors (Lipinski definition) is 3. The molecule has 0 unspecified atom stereocenters. The van der Waals surface area contributed by atoms with Crippen LogP contribution in [0.15, 0.2) is 48.5 Å². The Hall–Kier alpha value is -2.69. The van der Waals surface area contributed by atoms with Crippen LogP contribution in [0.3, 0.4) is 0 Å². The number of aryl methyl sites for hydroxylation is 1. The summed E-state index contributed by atoms with van der Waals surface area (Å²) in [6.45, 7) is 0.528. The standard InChI is InChI=1S/C21H24FNO3/c1-26-18-10-6-9-17(15-18)20(24)12-13-21(25)23-14-5-4-8-16-7-2-3-11-19(16)22/h2-3,6-7,9-11,15H,4-5,8,12-14H2,1H3,(H,23,25). The fourth-order valence-corrected chi connectivity index (χ4v) is 2.63. The number of Topliss-reactive ketones (excluding diaryl/α,β-unsaturated/α-hetero) is 1. The van der Waals surface area contributed by atoms with Gasteiger partial charge in [-0.2, -0.15) is 0 Å². The SMILES string of the molecule is COc1cccc(C(=O)CCC(=O)NCCCCc2ccccc2F)c1. The molecule has 2 aromatic rings. The normalized spacial score (nSPS) is 10.4. The van der Waals surface area contributed by atoms with Gasteiger partial charge >= 0.3 is 0 Å². The first-order valence-electron chi connectivity index (χ1n) is 8.77. The van der Waals surface area contributed by atoms with E-state index in [0.29, 0.717) is 29.8 Å². The number of rotatable bonds is 10. The molecule has 1 amide bonds. The lowest BCUT2D eigenvalue weighted by atomic mass is 10.1. The predicted molar refractivity (Wildman–Crippen MR) is 98.9 cm³/mol. The molecule has 0 radical (unpaired) electrons. The molecule has 2 rings (SSSR count). The van der Waals surface area contributed by atoms with E-state index in [9.17, 15) is 14.0 Å². The van der Waals surface area contributed by atoms with E-state index in [-0.39, 0.29) is 30.3 Å². The molecule has 0 atom stereocenters. The smallest absolute Gasteiger partial charge is 0.220 e. The van der Waals surface area contributed by atoms with Gasteiger partial charge in [-0.05, 0) is 43.0 Å². The zero-order valence-corrected chi connectivity index (χ0v) is 15.0. The quantitative estimate of drug-likeness (QED) is 0.518. The fourth-order valence-electron chi connectivity index (χ4n) is 2.63. The van der Waals surface area contributed by atoms with Gasteiger partial charge in [-0.1, -0.05) is 30.3 Å². The van der Waals surface area contributed by atoms with Gasteiger partial charge in [-0.3, -0.25) is 9.59 Å². The van der Waals surface area contributed by atoms with Crippen LogP contribution in [0, 0.1) is 5.82 Å². The van der Waals surface area contributed by atoms with Gasteiger partial charge in [0, 0.05) is 24.9 Å². The number of hydrogen-bond donors (Lipinski definition) is 1. The molecule has 0 saturated carbocycles. The molecule has 0 aliphatic carbocycles. The number of ether oxygens (including phenoxy) is 1. The number of carbonyl (C=O) groups excluding carboxylic acids is 2. The van der Waals surface area contributed by atoms with Gasteiger partial charge in [0.05, 0.1) is 7.11 Å². The molecule has 0 aromatic heterocycles. The maximum absolute atomic E-state index is 13.5. The third-order valence-electron chi connectivity index (χ3n) is 4.12. The summed E-state index contributed by atoms with van der Waals surface area (Å²) in [5.74, 6) is 0.202. The molecular weight excluding hydrogens is 333 g/mol. The van der Waals surface area contributed by atoms with Crippen molar-refractivity contribution in [3.8, 4) is 5.75 Å². The Balaban J connectivity index is 1.63. The highest BCUT2D eigenvalue weighted by atomic mass is 19.1. The second-order valence-electron chi connectivity index (χ2n) is 6.05. The van der Waals surface area contributed by atoms with Crippen molar-refractivity contribution in [2.75, 3.05) is 13.7 Å². The van der Waals surface area contributed by atoms with E-state index in [4.69, 9.17) is 4.74 Å². The summed E-state index contributed by atoms with van der Waals surface area (Å²) in [4.78, 5) is 24.0. The lowest BCUT2D eigenvalue weighted by Gasteiger charge is -2.06. The van der Waals surface area contributed by atoms with E-state index < -0.39 is 0 Å². The van der Waals surface area contributed by atoms with Gasteiger partial charge in [0.25, 0.3) is 0 Å². The molecule has 1 N–H and O–H groups in total. The monoisotopic (exact) mass is 357 g/mol. The Morgan fingerprint density at radius 2 is 1.85 bits per heavy atom. The highest BCUT2D eigenvalue weighted by molar-refractivity contribution is 5.98. The number of amides is 1. The van der Waals surface area contributed by atoms with Crippen molar-refractivity contribution in [2.45, 2.75) is 32.1 Å². The van der Waals surface area contributed by atoms with Gasteiger partial charge in [-0.15, -0.1) is 0 Å². The third-order valence-corrected chi connectivity index (χ3v) is 4.12. The zero-order chi connectivity index (χ0) is 18.8. The second kappa shape index (κ2) is 10.3. The van der Waals surface area contributed by atoms with Crippen LogP contribution in [0.4, 0.5) is 4.39 Å². The lowest BCUT2D eigenvalue weighted by Crippen LogP contribution is -2.24. The Labute approximate surface area is 153 Å². The molecule has 0 bridgehead atoms. The minimum absolute atomic E-state index is 0.0846. The van der Waals surface area contributed by atoms with Crippen molar-refractivity contribution in [2.24, 2.45) is 0 Å². The highest BCUT2D eigenvalue weighted by Crippen LogP contribution is 2.14. The Bertz CT molecular complexity index is 746. The molecule has 26 heavy (non-hydrogen) atoms. The Morgan fingerprint density at radius 1 is 1.04 bits per heavy atom. The third kappa shape index (κ3) is 6.31. The zero-order valence-electron chi connectivity index (χ0n) is 15.0. The molecule has 0 spiro atoms. The highest BCUT2D eigenvalue weighted by Gasteiger charge is 2.10. The van der Waals surface area contributed by atoms with Gasteiger partial charge in [0.15, 0.2) is 5.78 Å². The van der Waals surface area contributed by atoms with E-state index in [1.807, 2.05) is 6.07 Å². The maximum atomic E-state index is 13.5. The number of carbonyl (C=O) groups is 2. The Morgan fingerprint density at radius 3 is 2.62 bits per heavy atom. The van der Waals surface area contributed by atoms with Gasteiger partial charge in [0.1, 0.15) is 11.6 Å². The van der Waals surface area contributed by atoms with Crippen LogP contribution >= 0.6 is 0 Å². The number of halogens is 1. The topological polar surface area (TPSA) is 55.4 Å². The van der Waals surface area contributed by atoms with Crippen molar-refractivity contribution >= 4 is 11.7 Å². The van der Waals surface area contributed by atoms with E-state index in [1.165, 1.54) is 6.07 Å². The van der Waals surface area contributed by atoms with E-state index in [1.54, 1.807) is 43.5 Å². The summed E-state index contributed by atoms with van der Waals surface area (Å²) < 4.78 is 18.6. The molecule has 138 valence electrons. The van der Waals surface area contributed by atoms with E-state index in [0.717, 1.165) is 12.8 Å². The van der Waals surface area contributed by atoms with E-state index in [2.05, 4.69) is 5.32 Å². The van der Waals surface area contributed by atoms with Crippen LogP contribution in [0.1, 0.15) is 41.6 Å². The summed E-state index contributed by atoms with van der Waals surface area (Å²) in [6, 6.07) is 13.6. The predicted octanol–water partition coefficient (Wildman–Crippen LogP) is 3.94. The van der Waals surface area contributed by atoms with Crippen molar-refractivity contribution < 1.29 is 18.7 Å². The molecular formula is C21H24FNO3. The molecule has 4 nitrogen and oxygen atoms in total. The van der Waals surface area contributed by atoms with Crippen LogP contribution in [-0.2, 0) is 11.2 Å². The van der Waals surface area contributed by atoms with Gasteiger partial charge < -0.3 is 10.1 Å². The molecule has 0 heterocycles. The van der Waals surface area contributed by atoms with Crippen molar-refractivity contribution in [3.05, 3.63) is 65.5 Å². The molecule has 0 aliphatic heterocycles. The van der Waals surface area contributed by atoms with Crippen molar-refractivity contribution in [1.29, 1.82) is 0 Å². The number of methoxy groups -OCH3 is 1. The Kier molecular flexibility index (Phi) is 7.80. The second-order valence-corrected chi connectivity index (χ2v) is 6.05. The molecule has 2 aromatic carbocycles. The minimum atomic E-state index is -0.187. The van der Waals surface area contributed by atoms with E-state index >= 15 is 0 Å². The van der Waals surface area contributed by atoms with Crippen LogP contribution in [-0.4, -0.2) is 25.3 Å².